The summed E-state index contributed by atoms with van der Waals surface area (Å²) in [6, 6.07) is 16.0. The maximum absolute atomic E-state index is 13.2. The van der Waals surface area contributed by atoms with Crippen LogP contribution in [0.1, 0.15) is 22.3 Å². The van der Waals surface area contributed by atoms with Crippen LogP contribution in [0, 0.1) is 23.7 Å². The Labute approximate surface area is 191 Å². The van der Waals surface area contributed by atoms with Crippen LogP contribution >= 0.6 is 31.9 Å². The average molecular weight is 533 g/mol. The smallest absolute Gasteiger partial charge is 0.338 e. The lowest BCUT2D eigenvalue weighted by molar-refractivity contribution is -0.123. The molecule has 30 heavy (non-hydrogen) atoms. The van der Waals surface area contributed by atoms with E-state index in [1.165, 1.54) is 4.90 Å². The monoisotopic (exact) mass is 531 g/mol. The van der Waals surface area contributed by atoms with E-state index >= 15 is 0 Å². The molecule has 1 saturated heterocycles. The number of nitrogens with zero attached hydrogens (tertiary/aromatic N) is 1. The van der Waals surface area contributed by atoms with Crippen molar-refractivity contribution < 1.29 is 19.1 Å². The zero-order valence-corrected chi connectivity index (χ0v) is 19.1. The fraction of sp³-hybridized carbons (Fsp3) is 0.348. The summed E-state index contributed by atoms with van der Waals surface area (Å²) < 4.78 is 5.39. The van der Waals surface area contributed by atoms with Crippen molar-refractivity contribution in [3.8, 4) is 0 Å². The molecule has 2 aromatic rings. The molecular weight excluding hydrogens is 514 g/mol. The molecule has 0 unspecified atom stereocenters. The Balaban J connectivity index is 1.36. The lowest BCUT2D eigenvalue weighted by Gasteiger charge is -2.28. The van der Waals surface area contributed by atoms with Gasteiger partial charge in [0, 0.05) is 9.65 Å². The number of amides is 2. The maximum atomic E-state index is 13.2. The lowest BCUT2D eigenvalue weighted by Crippen LogP contribution is -2.37. The predicted molar refractivity (Wildman–Crippen MR) is 119 cm³/mol. The highest BCUT2D eigenvalue weighted by Gasteiger charge is 2.66. The summed E-state index contributed by atoms with van der Waals surface area (Å²) in [6.45, 7) is 0.165. The molecule has 154 valence electrons. The topological polar surface area (TPSA) is 63.7 Å². The van der Waals surface area contributed by atoms with E-state index in [1.54, 1.807) is 24.3 Å². The number of halogens is 2. The van der Waals surface area contributed by atoms with Gasteiger partial charge in [0.2, 0.25) is 11.8 Å². The second-order valence-electron chi connectivity index (χ2n) is 8.13. The molecule has 2 bridgehead atoms. The number of esters is 1. The van der Waals surface area contributed by atoms with Crippen LogP contribution in [0.5, 0.6) is 0 Å². The van der Waals surface area contributed by atoms with Gasteiger partial charge in [-0.15, -0.1) is 0 Å². The molecule has 5 nitrogen and oxygen atoms in total. The summed E-state index contributed by atoms with van der Waals surface area (Å²) in [5.74, 6) is -1.05. The van der Waals surface area contributed by atoms with E-state index in [9.17, 15) is 14.4 Å². The number of anilines is 1. The molecule has 2 amide bonds. The highest BCUT2D eigenvalue weighted by Crippen LogP contribution is 2.60. The summed E-state index contributed by atoms with van der Waals surface area (Å²) in [4.78, 5) is 40.5. The van der Waals surface area contributed by atoms with Crippen LogP contribution < -0.4 is 4.90 Å². The van der Waals surface area contributed by atoms with Crippen molar-refractivity contribution in [2.45, 2.75) is 22.7 Å². The first-order valence-corrected chi connectivity index (χ1v) is 11.8. The summed E-state index contributed by atoms with van der Waals surface area (Å²) in [5.41, 5.74) is 1.65. The third-order valence-corrected chi connectivity index (χ3v) is 9.75. The number of imide groups is 1. The van der Waals surface area contributed by atoms with Crippen molar-refractivity contribution in [1.29, 1.82) is 0 Å². The van der Waals surface area contributed by atoms with E-state index < -0.39 is 5.97 Å². The number of carbonyl (C=O) groups excluding carboxylic acids is 3. The Morgan fingerprint density at radius 2 is 1.57 bits per heavy atom. The van der Waals surface area contributed by atoms with Gasteiger partial charge in [0.1, 0.15) is 6.61 Å². The van der Waals surface area contributed by atoms with Crippen molar-refractivity contribution in [1.82, 2.24) is 0 Å². The van der Waals surface area contributed by atoms with Gasteiger partial charge < -0.3 is 4.74 Å². The number of ether oxygens (including phenoxy) is 1. The third-order valence-electron chi connectivity index (χ3n) is 6.54. The minimum atomic E-state index is -0.485. The molecular formula is C23H19Br2NO4. The van der Waals surface area contributed by atoms with E-state index in [1.807, 2.05) is 30.3 Å². The molecule has 0 aromatic heterocycles. The second kappa shape index (κ2) is 7.61. The molecule has 2 aromatic carbocycles. The van der Waals surface area contributed by atoms with Crippen LogP contribution in [0.3, 0.4) is 0 Å². The molecule has 7 heteroatoms. The van der Waals surface area contributed by atoms with Gasteiger partial charge in [-0.2, -0.15) is 0 Å². The molecule has 3 aliphatic rings. The number of benzene rings is 2. The summed E-state index contributed by atoms with van der Waals surface area (Å²) in [5, 5.41) is 0. The van der Waals surface area contributed by atoms with Gasteiger partial charge in [-0.25, -0.2) is 4.79 Å². The largest absolute Gasteiger partial charge is 0.457 e. The highest BCUT2D eigenvalue weighted by molar-refractivity contribution is 9.12. The van der Waals surface area contributed by atoms with Crippen molar-refractivity contribution in [3.63, 3.8) is 0 Å². The van der Waals surface area contributed by atoms with Crippen molar-refractivity contribution >= 4 is 55.3 Å². The molecule has 0 spiro atoms. The minimum Gasteiger partial charge on any atom is -0.457 e. The normalized spacial score (nSPS) is 31.9. The van der Waals surface area contributed by atoms with Crippen molar-refractivity contribution in [3.05, 3.63) is 65.7 Å². The number of fused-ring (bicyclic) bond motifs is 5. The second-order valence-corrected chi connectivity index (χ2v) is 10.2. The number of carbonyl (C=O) groups is 3. The number of alkyl halides is 2. The average Bonchev–Trinajstić information content (AvgIpc) is 3.37. The predicted octanol–water partition coefficient (Wildman–Crippen LogP) is 4.33. The van der Waals surface area contributed by atoms with Crippen LogP contribution in [0.4, 0.5) is 5.69 Å². The first kappa shape index (κ1) is 19.9. The molecule has 0 radical (unpaired) electrons. The van der Waals surface area contributed by atoms with Gasteiger partial charge in [0.05, 0.1) is 23.1 Å². The fourth-order valence-corrected chi connectivity index (χ4v) is 7.06. The van der Waals surface area contributed by atoms with E-state index in [4.69, 9.17) is 4.74 Å². The Morgan fingerprint density at radius 3 is 2.20 bits per heavy atom. The molecule has 3 fully saturated rings. The van der Waals surface area contributed by atoms with Gasteiger partial charge in [-0.3, -0.25) is 14.5 Å². The van der Waals surface area contributed by atoms with Crippen LogP contribution in [-0.4, -0.2) is 27.4 Å². The van der Waals surface area contributed by atoms with E-state index in [0.717, 1.165) is 12.0 Å². The molecule has 2 aliphatic carbocycles. The Kier molecular flexibility index (Phi) is 5.06. The third kappa shape index (κ3) is 3.05. The molecule has 2 saturated carbocycles. The Morgan fingerprint density at radius 1 is 0.933 bits per heavy atom. The zero-order chi connectivity index (χ0) is 21.0. The van der Waals surface area contributed by atoms with Crippen molar-refractivity contribution in [2.75, 3.05) is 4.90 Å². The quantitative estimate of drug-likeness (QED) is 0.334. The molecule has 0 N–H and O–H groups in total. The number of hydrogen-bond acceptors (Lipinski definition) is 4. The number of hydrogen-bond donors (Lipinski definition) is 0. The zero-order valence-electron chi connectivity index (χ0n) is 15.9. The van der Waals surface area contributed by atoms with Gasteiger partial charge in [-0.05, 0) is 42.0 Å². The first-order valence-electron chi connectivity index (χ1n) is 9.94. The summed E-state index contributed by atoms with van der Waals surface area (Å²) in [6.07, 6.45) is 0.887. The lowest BCUT2D eigenvalue weighted by atomic mass is 9.81. The van der Waals surface area contributed by atoms with Crippen LogP contribution in [0.2, 0.25) is 0 Å². The standard InChI is InChI=1S/C23H19Br2NO4/c24-19-15-10-16(20(19)25)18-17(15)21(27)26(22(18)28)14-8-4-7-13(9-14)23(29)30-11-12-5-2-1-3-6-12/h1-9,15-20H,10-11H2/t15-,16-,17-,18+,19+,20+/m1/s1. The molecule has 5 rings (SSSR count). The summed E-state index contributed by atoms with van der Waals surface area (Å²) in [7, 11) is 0. The number of rotatable bonds is 4. The van der Waals surface area contributed by atoms with Gasteiger partial charge in [0.25, 0.3) is 0 Å². The van der Waals surface area contributed by atoms with Crippen LogP contribution in [0.25, 0.3) is 0 Å². The molecule has 1 aliphatic heterocycles. The minimum absolute atomic E-state index is 0.156. The van der Waals surface area contributed by atoms with Crippen LogP contribution in [0.15, 0.2) is 54.6 Å². The van der Waals surface area contributed by atoms with Gasteiger partial charge >= 0.3 is 5.97 Å². The summed E-state index contributed by atoms with van der Waals surface area (Å²) >= 11 is 7.40. The van der Waals surface area contributed by atoms with Gasteiger partial charge in [0.15, 0.2) is 0 Å². The Hall–Kier alpha value is -1.99. The maximum Gasteiger partial charge on any atom is 0.338 e. The van der Waals surface area contributed by atoms with E-state index in [-0.39, 0.29) is 51.7 Å². The highest BCUT2D eigenvalue weighted by atomic mass is 79.9. The van der Waals surface area contributed by atoms with Crippen molar-refractivity contribution in [2.24, 2.45) is 23.7 Å². The first-order chi connectivity index (χ1) is 14.5. The van der Waals surface area contributed by atoms with Gasteiger partial charge in [-0.1, -0.05) is 68.3 Å². The van der Waals surface area contributed by atoms with E-state index in [0.29, 0.717) is 11.3 Å². The molecule has 1 heterocycles. The van der Waals surface area contributed by atoms with Crippen LogP contribution in [-0.2, 0) is 20.9 Å². The Bertz CT molecular complexity index is 995. The molecule has 6 atom stereocenters. The fourth-order valence-electron chi connectivity index (χ4n) is 5.18. The van der Waals surface area contributed by atoms with E-state index in [2.05, 4.69) is 31.9 Å². The SMILES string of the molecule is O=C(OCc1ccccc1)c1cccc(N2C(=O)[C@@H]3[C@H]4C[C@@H]([C@H](Br)[C@H]4Br)[C@@H]3C2=O)c1.